The number of carbonyl (C=O) groups is 1. The summed E-state index contributed by atoms with van der Waals surface area (Å²) in [4.78, 5) is 25.6. The molecule has 0 atom stereocenters. The number of aliphatic imine (C=N–C) groups is 1. The molecule has 0 saturated heterocycles. The summed E-state index contributed by atoms with van der Waals surface area (Å²) in [5, 5.41) is 13.9. The predicted molar refractivity (Wildman–Crippen MR) is 133 cm³/mol. The van der Waals surface area contributed by atoms with Crippen molar-refractivity contribution in [1.82, 2.24) is 15.3 Å². The molecule has 1 aromatic heterocycles. The zero-order chi connectivity index (χ0) is 24.7. The lowest BCUT2D eigenvalue weighted by Crippen LogP contribution is -2.39. The molecule has 2 amide bonds. The smallest absolute Gasteiger partial charge is 0.308 e. The number of benzene rings is 2. The Morgan fingerprint density at radius 2 is 1.71 bits per heavy atom. The van der Waals surface area contributed by atoms with Crippen LogP contribution in [0.25, 0.3) is 0 Å². The van der Waals surface area contributed by atoms with Crippen molar-refractivity contribution in [2.45, 2.75) is 25.2 Å². The number of amides is 2. The number of primary sulfonamides is 1. The Bertz CT molecular complexity index is 1290. The molecule has 0 saturated carbocycles. The van der Waals surface area contributed by atoms with Crippen LogP contribution in [0.1, 0.15) is 17.0 Å². The first-order chi connectivity index (χ1) is 16.1. The van der Waals surface area contributed by atoms with E-state index in [9.17, 15) is 13.2 Å². The maximum atomic E-state index is 12.5. The van der Waals surface area contributed by atoms with Gasteiger partial charge in [0.15, 0.2) is 0 Å². The molecule has 0 aliphatic heterocycles. The van der Waals surface area contributed by atoms with Crippen molar-refractivity contribution in [3.8, 4) is 0 Å². The number of guanidine groups is 1. The van der Waals surface area contributed by atoms with Gasteiger partial charge in [-0.3, -0.25) is 15.6 Å². The highest BCUT2D eigenvalue weighted by Crippen LogP contribution is 2.14. The SMILES string of the molecule is Cc1cc(C)nc(NC(=NCCc2ccc(S(N)(=O)=O)cc2)NC(=O)Nc2cccc(Cl)c2)n1. The summed E-state index contributed by atoms with van der Waals surface area (Å²) in [6.07, 6.45) is 0.487. The average Bonchev–Trinajstić information content (AvgIpc) is 2.72. The molecule has 0 unspecified atom stereocenters. The summed E-state index contributed by atoms with van der Waals surface area (Å²) in [6.45, 7) is 3.96. The Morgan fingerprint density at radius 1 is 1.03 bits per heavy atom. The molecular formula is C22H24ClN7O3S. The van der Waals surface area contributed by atoms with Gasteiger partial charge in [-0.25, -0.2) is 28.3 Å². The predicted octanol–water partition coefficient (Wildman–Crippen LogP) is 3.23. The van der Waals surface area contributed by atoms with E-state index in [4.69, 9.17) is 16.7 Å². The zero-order valence-corrected chi connectivity index (χ0v) is 20.1. The molecule has 178 valence electrons. The van der Waals surface area contributed by atoms with E-state index in [0.717, 1.165) is 17.0 Å². The third-order valence-corrected chi connectivity index (χ3v) is 5.61. The molecule has 0 spiro atoms. The number of aromatic nitrogens is 2. The van der Waals surface area contributed by atoms with Crippen molar-refractivity contribution >= 4 is 45.3 Å². The molecule has 3 rings (SSSR count). The van der Waals surface area contributed by atoms with Gasteiger partial charge in [0.05, 0.1) is 4.90 Å². The lowest BCUT2D eigenvalue weighted by Gasteiger charge is -2.12. The van der Waals surface area contributed by atoms with Crippen LogP contribution in [-0.4, -0.2) is 36.9 Å². The molecule has 34 heavy (non-hydrogen) atoms. The van der Waals surface area contributed by atoms with Crippen LogP contribution in [0, 0.1) is 13.8 Å². The van der Waals surface area contributed by atoms with E-state index < -0.39 is 16.1 Å². The van der Waals surface area contributed by atoms with Gasteiger partial charge in [0.25, 0.3) is 0 Å². The van der Waals surface area contributed by atoms with E-state index in [0.29, 0.717) is 23.7 Å². The Balaban J connectivity index is 1.73. The Kier molecular flexibility index (Phi) is 8.16. The van der Waals surface area contributed by atoms with Gasteiger partial charge >= 0.3 is 6.03 Å². The fraction of sp³-hybridized carbons (Fsp3) is 0.182. The molecule has 5 N–H and O–H groups in total. The first-order valence-electron chi connectivity index (χ1n) is 10.2. The van der Waals surface area contributed by atoms with Crippen molar-refractivity contribution in [3.05, 3.63) is 76.6 Å². The second-order valence-corrected chi connectivity index (χ2v) is 9.36. The van der Waals surface area contributed by atoms with E-state index in [-0.39, 0.29) is 16.8 Å². The Morgan fingerprint density at radius 3 is 2.32 bits per heavy atom. The van der Waals surface area contributed by atoms with Gasteiger partial charge in [0.1, 0.15) is 0 Å². The molecule has 10 nitrogen and oxygen atoms in total. The van der Waals surface area contributed by atoms with E-state index in [2.05, 4.69) is 30.9 Å². The van der Waals surface area contributed by atoms with E-state index in [1.807, 2.05) is 19.9 Å². The van der Waals surface area contributed by atoms with Crippen LogP contribution in [0.3, 0.4) is 0 Å². The molecule has 0 radical (unpaired) electrons. The van der Waals surface area contributed by atoms with Crippen LogP contribution < -0.4 is 21.1 Å². The highest BCUT2D eigenvalue weighted by molar-refractivity contribution is 7.89. The lowest BCUT2D eigenvalue weighted by atomic mass is 10.1. The van der Waals surface area contributed by atoms with E-state index in [1.165, 1.54) is 12.1 Å². The van der Waals surface area contributed by atoms with Gasteiger partial charge in [-0.2, -0.15) is 0 Å². The van der Waals surface area contributed by atoms with Gasteiger partial charge < -0.3 is 5.32 Å². The lowest BCUT2D eigenvalue weighted by molar-refractivity contribution is 0.256. The monoisotopic (exact) mass is 501 g/mol. The summed E-state index contributed by atoms with van der Waals surface area (Å²) in [6, 6.07) is 14.2. The maximum absolute atomic E-state index is 12.5. The first-order valence-corrected chi connectivity index (χ1v) is 12.1. The van der Waals surface area contributed by atoms with Crippen LogP contribution >= 0.6 is 11.6 Å². The van der Waals surface area contributed by atoms with Crippen molar-refractivity contribution in [2.75, 3.05) is 17.2 Å². The molecule has 1 heterocycles. The van der Waals surface area contributed by atoms with Crippen molar-refractivity contribution in [2.24, 2.45) is 10.1 Å². The van der Waals surface area contributed by atoms with Crippen LogP contribution in [0.15, 0.2) is 64.5 Å². The highest BCUT2D eigenvalue weighted by atomic mass is 35.5. The minimum atomic E-state index is -3.75. The quantitative estimate of drug-likeness (QED) is 0.300. The third-order valence-electron chi connectivity index (χ3n) is 4.45. The number of rotatable bonds is 6. The number of hydrogen-bond acceptors (Lipinski definition) is 6. The summed E-state index contributed by atoms with van der Waals surface area (Å²) in [5.74, 6) is 0.433. The van der Waals surface area contributed by atoms with Gasteiger partial charge in [-0.1, -0.05) is 29.8 Å². The second-order valence-electron chi connectivity index (χ2n) is 7.36. The van der Waals surface area contributed by atoms with Gasteiger partial charge in [0.2, 0.25) is 21.9 Å². The van der Waals surface area contributed by atoms with E-state index >= 15 is 0 Å². The number of halogens is 1. The number of carbonyl (C=O) groups excluding carboxylic acids is 1. The number of nitrogens with one attached hydrogen (secondary N) is 3. The number of nitrogens with zero attached hydrogens (tertiary/aromatic N) is 3. The standard InChI is InChI=1S/C22H24ClN7O3S/c1-14-12-15(2)27-21(26-14)29-20(30-22(31)28-18-5-3-4-17(23)13-18)25-11-10-16-6-8-19(9-7-16)34(24,32)33/h3-9,12-13H,10-11H2,1-2H3,(H2,24,32,33)(H3,25,26,27,28,29,30,31). The third kappa shape index (κ3) is 7.80. The Labute approximate surface area is 202 Å². The first kappa shape index (κ1) is 25.1. The zero-order valence-electron chi connectivity index (χ0n) is 18.5. The molecule has 3 aromatic rings. The summed E-state index contributed by atoms with van der Waals surface area (Å²) in [7, 11) is -3.75. The van der Waals surface area contributed by atoms with Crippen LogP contribution in [0.4, 0.5) is 16.4 Å². The molecule has 2 aromatic carbocycles. The van der Waals surface area contributed by atoms with Crippen molar-refractivity contribution in [1.29, 1.82) is 0 Å². The normalized spacial score (nSPS) is 11.7. The van der Waals surface area contributed by atoms with Crippen molar-refractivity contribution in [3.63, 3.8) is 0 Å². The fourth-order valence-corrected chi connectivity index (χ4v) is 3.68. The molecule has 12 heteroatoms. The topological polar surface area (TPSA) is 151 Å². The minimum Gasteiger partial charge on any atom is -0.308 e. The van der Waals surface area contributed by atoms with Gasteiger partial charge in [-0.05, 0) is 62.2 Å². The van der Waals surface area contributed by atoms with Crippen LogP contribution in [0.5, 0.6) is 0 Å². The number of hydrogen-bond donors (Lipinski definition) is 4. The van der Waals surface area contributed by atoms with Gasteiger partial charge in [-0.15, -0.1) is 0 Å². The molecule has 0 bridgehead atoms. The molecule has 0 aliphatic rings. The minimum absolute atomic E-state index is 0.0356. The molecular weight excluding hydrogens is 478 g/mol. The number of urea groups is 1. The number of aryl methyl sites for hydroxylation is 2. The summed E-state index contributed by atoms with van der Waals surface area (Å²) >= 11 is 5.97. The fourth-order valence-electron chi connectivity index (χ4n) is 2.98. The molecule has 0 aliphatic carbocycles. The highest BCUT2D eigenvalue weighted by Gasteiger charge is 2.10. The molecule has 0 fully saturated rings. The number of sulfonamides is 1. The van der Waals surface area contributed by atoms with Crippen LogP contribution in [0.2, 0.25) is 5.02 Å². The van der Waals surface area contributed by atoms with Crippen molar-refractivity contribution < 1.29 is 13.2 Å². The Hall–Kier alpha value is -3.54. The summed E-state index contributed by atoms with van der Waals surface area (Å²) in [5.41, 5.74) is 2.88. The van der Waals surface area contributed by atoms with Crippen LogP contribution in [-0.2, 0) is 16.4 Å². The number of nitrogens with two attached hydrogens (primary N) is 1. The average molecular weight is 502 g/mol. The summed E-state index contributed by atoms with van der Waals surface area (Å²) < 4.78 is 22.8. The second kappa shape index (κ2) is 11.1. The van der Waals surface area contributed by atoms with E-state index in [1.54, 1.807) is 36.4 Å². The largest absolute Gasteiger partial charge is 0.326 e. The maximum Gasteiger partial charge on any atom is 0.326 e. The number of anilines is 2. The van der Waals surface area contributed by atoms with Gasteiger partial charge in [0, 0.05) is 28.6 Å².